The van der Waals surface area contributed by atoms with Crippen LogP contribution in [-0.2, 0) is 14.4 Å². The number of imide groups is 2. The van der Waals surface area contributed by atoms with Crippen molar-refractivity contribution in [2.75, 3.05) is 23.9 Å². The standard InChI is InChI=1S/C28H22Cl3N3O6/c1-14-7-8-17(12-20(14)30)32-24(35)13-40-25-21(31)10-16(11-23(25)39-3)9-18-26(36)33-28(38)34(27(18)37)22-6-4-5-19(29)15(22)2/h4-12H,13H2,1-3H3,(H,32,35)(H,33,36,38)/b18-9-. The van der Waals surface area contributed by atoms with Crippen LogP contribution in [-0.4, -0.2) is 37.5 Å². The van der Waals surface area contributed by atoms with Crippen molar-refractivity contribution in [1.29, 1.82) is 0 Å². The largest absolute Gasteiger partial charge is 0.493 e. The summed E-state index contributed by atoms with van der Waals surface area (Å²) in [4.78, 5) is 51.7. The van der Waals surface area contributed by atoms with Crippen LogP contribution in [0.1, 0.15) is 16.7 Å². The van der Waals surface area contributed by atoms with Gasteiger partial charge in [-0.05, 0) is 73.0 Å². The first-order valence-corrected chi connectivity index (χ1v) is 12.9. The third-order valence-corrected chi connectivity index (χ3v) is 7.05. The van der Waals surface area contributed by atoms with E-state index >= 15 is 0 Å². The number of nitrogens with one attached hydrogen (secondary N) is 2. The predicted octanol–water partition coefficient (Wildman–Crippen LogP) is 5.96. The van der Waals surface area contributed by atoms with Crippen molar-refractivity contribution in [2.45, 2.75) is 13.8 Å². The van der Waals surface area contributed by atoms with Crippen molar-refractivity contribution in [3.8, 4) is 11.5 Å². The lowest BCUT2D eigenvalue weighted by atomic mass is 10.1. The van der Waals surface area contributed by atoms with Crippen molar-refractivity contribution < 1.29 is 28.7 Å². The zero-order chi connectivity index (χ0) is 29.1. The molecular weight excluding hydrogens is 581 g/mol. The van der Waals surface area contributed by atoms with Gasteiger partial charge in [0.05, 0.1) is 17.8 Å². The highest BCUT2D eigenvalue weighted by atomic mass is 35.5. The minimum atomic E-state index is -0.900. The van der Waals surface area contributed by atoms with Crippen molar-refractivity contribution >= 4 is 76.0 Å². The molecule has 3 aromatic rings. The summed E-state index contributed by atoms with van der Waals surface area (Å²) in [5.74, 6) is -1.96. The highest BCUT2D eigenvalue weighted by Crippen LogP contribution is 2.37. The molecular formula is C28H22Cl3N3O6. The maximum absolute atomic E-state index is 13.3. The third-order valence-electron chi connectivity index (χ3n) is 5.95. The zero-order valence-corrected chi connectivity index (χ0v) is 23.7. The molecule has 1 aliphatic heterocycles. The van der Waals surface area contributed by atoms with E-state index in [0.29, 0.717) is 26.9 Å². The number of ether oxygens (including phenoxy) is 2. The predicted molar refractivity (Wildman–Crippen MR) is 154 cm³/mol. The van der Waals surface area contributed by atoms with Crippen molar-refractivity contribution in [1.82, 2.24) is 5.32 Å². The minimum absolute atomic E-state index is 0.0552. The first-order chi connectivity index (χ1) is 19.0. The molecule has 0 saturated carbocycles. The molecule has 1 fully saturated rings. The van der Waals surface area contributed by atoms with Gasteiger partial charge in [-0.1, -0.05) is 46.9 Å². The molecule has 40 heavy (non-hydrogen) atoms. The Hall–Kier alpha value is -4.05. The van der Waals surface area contributed by atoms with E-state index in [-0.39, 0.29) is 34.4 Å². The number of rotatable bonds is 7. The van der Waals surface area contributed by atoms with Crippen LogP contribution in [0.3, 0.4) is 0 Å². The lowest BCUT2D eigenvalue weighted by molar-refractivity contribution is -0.122. The Labute approximate surface area is 244 Å². The van der Waals surface area contributed by atoms with E-state index in [1.807, 2.05) is 6.92 Å². The van der Waals surface area contributed by atoms with E-state index in [0.717, 1.165) is 10.5 Å². The van der Waals surface area contributed by atoms with Crippen LogP contribution in [0.2, 0.25) is 15.1 Å². The number of halogens is 3. The highest BCUT2D eigenvalue weighted by Gasteiger charge is 2.37. The topological polar surface area (TPSA) is 114 Å². The number of carbonyl (C=O) groups is 4. The molecule has 0 unspecified atom stereocenters. The fourth-order valence-electron chi connectivity index (χ4n) is 3.85. The Kier molecular flexibility index (Phi) is 8.68. The molecule has 9 nitrogen and oxygen atoms in total. The van der Waals surface area contributed by atoms with E-state index in [9.17, 15) is 19.2 Å². The molecule has 0 aliphatic carbocycles. The van der Waals surface area contributed by atoms with Gasteiger partial charge in [-0.25, -0.2) is 9.69 Å². The second-order valence-electron chi connectivity index (χ2n) is 8.68. The number of aryl methyl sites for hydroxylation is 1. The quantitative estimate of drug-likeness (QED) is 0.255. The molecule has 1 heterocycles. The second kappa shape index (κ2) is 12.0. The summed E-state index contributed by atoms with van der Waals surface area (Å²) in [6, 6.07) is 11.8. The first kappa shape index (κ1) is 28.9. The number of hydrogen-bond donors (Lipinski definition) is 2. The average molecular weight is 603 g/mol. The lowest BCUT2D eigenvalue weighted by Crippen LogP contribution is -2.54. The van der Waals surface area contributed by atoms with E-state index in [2.05, 4.69) is 10.6 Å². The molecule has 0 radical (unpaired) electrons. The van der Waals surface area contributed by atoms with Crippen LogP contribution in [0.5, 0.6) is 11.5 Å². The number of benzene rings is 3. The number of barbiturate groups is 1. The lowest BCUT2D eigenvalue weighted by Gasteiger charge is -2.27. The Morgan fingerprint density at radius 3 is 2.45 bits per heavy atom. The van der Waals surface area contributed by atoms with Crippen LogP contribution < -0.4 is 25.0 Å². The highest BCUT2D eigenvalue weighted by molar-refractivity contribution is 6.40. The van der Waals surface area contributed by atoms with Gasteiger partial charge in [-0.15, -0.1) is 0 Å². The van der Waals surface area contributed by atoms with Crippen LogP contribution in [0.15, 0.2) is 54.1 Å². The van der Waals surface area contributed by atoms with E-state index in [1.165, 1.54) is 25.3 Å². The fraction of sp³-hybridized carbons (Fsp3) is 0.143. The van der Waals surface area contributed by atoms with Gasteiger partial charge in [-0.2, -0.15) is 0 Å². The molecule has 0 spiro atoms. The number of amides is 5. The molecule has 3 aromatic carbocycles. The van der Waals surface area contributed by atoms with E-state index in [4.69, 9.17) is 44.3 Å². The monoisotopic (exact) mass is 601 g/mol. The number of anilines is 2. The van der Waals surface area contributed by atoms with Gasteiger partial charge in [-0.3, -0.25) is 19.7 Å². The molecule has 0 bridgehead atoms. The van der Waals surface area contributed by atoms with Gasteiger partial charge in [0.25, 0.3) is 17.7 Å². The van der Waals surface area contributed by atoms with E-state index in [1.54, 1.807) is 43.3 Å². The van der Waals surface area contributed by atoms with Gasteiger partial charge in [0.2, 0.25) is 0 Å². The summed E-state index contributed by atoms with van der Waals surface area (Å²) in [5.41, 5.74) is 2.08. The van der Waals surface area contributed by atoms with Gasteiger partial charge in [0.1, 0.15) is 5.57 Å². The molecule has 1 aliphatic rings. The van der Waals surface area contributed by atoms with Crippen molar-refractivity contribution in [2.24, 2.45) is 0 Å². The Morgan fingerprint density at radius 1 is 1.00 bits per heavy atom. The summed E-state index contributed by atoms with van der Waals surface area (Å²) in [7, 11) is 1.37. The number of nitrogens with zero attached hydrogens (tertiary/aromatic N) is 1. The average Bonchev–Trinajstić information content (AvgIpc) is 2.90. The van der Waals surface area contributed by atoms with Crippen molar-refractivity contribution in [3.63, 3.8) is 0 Å². The van der Waals surface area contributed by atoms with Crippen LogP contribution in [0.25, 0.3) is 6.08 Å². The number of hydrogen-bond acceptors (Lipinski definition) is 6. The fourth-order valence-corrected chi connectivity index (χ4v) is 4.47. The van der Waals surface area contributed by atoms with Crippen LogP contribution >= 0.6 is 34.8 Å². The molecule has 4 rings (SSSR count). The third kappa shape index (κ3) is 6.07. The maximum atomic E-state index is 13.3. The molecule has 0 aromatic heterocycles. The molecule has 12 heteroatoms. The molecule has 0 atom stereocenters. The summed E-state index contributed by atoms with van der Waals surface area (Å²) in [6.45, 7) is 3.10. The SMILES string of the molecule is COc1cc(/C=C2/C(=O)NC(=O)N(c3cccc(Cl)c3C)C2=O)cc(Cl)c1OCC(=O)Nc1ccc(C)c(Cl)c1. The minimum Gasteiger partial charge on any atom is -0.493 e. The normalized spacial score (nSPS) is 14.3. The first-order valence-electron chi connectivity index (χ1n) is 11.7. The van der Waals surface area contributed by atoms with Crippen LogP contribution in [0.4, 0.5) is 16.2 Å². The van der Waals surface area contributed by atoms with E-state index < -0.39 is 23.8 Å². The maximum Gasteiger partial charge on any atom is 0.335 e. The molecule has 2 N–H and O–H groups in total. The number of carbonyl (C=O) groups excluding carboxylic acids is 4. The van der Waals surface area contributed by atoms with Gasteiger partial charge < -0.3 is 14.8 Å². The Balaban J connectivity index is 1.57. The second-order valence-corrected chi connectivity index (χ2v) is 9.90. The number of methoxy groups -OCH3 is 1. The summed E-state index contributed by atoms with van der Waals surface area (Å²) in [5, 5.41) is 5.75. The zero-order valence-electron chi connectivity index (χ0n) is 21.4. The molecule has 1 saturated heterocycles. The summed E-state index contributed by atoms with van der Waals surface area (Å²) < 4.78 is 11.0. The van der Waals surface area contributed by atoms with Gasteiger partial charge in [0.15, 0.2) is 18.1 Å². The number of urea groups is 1. The summed E-state index contributed by atoms with van der Waals surface area (Å²) >= 11 is 18.7. The molecule has 206 valence electrons. The van der Waals surface area contributed by atoms with Crippen molar-refractivity contribution in [3.05, 3.63) is 85.9 Å². The van der Waals surface area contributed by atoms with Gasteiger partial charge in [0, 0.05) is 15.7 Å². The Morgan fingerprint density at radius 2 is 1.75 bits per heavy atom. The smallest absolute Gasteiger partial charge is 0.335 e. The van der Waals surface area contributed by atoms with Gasteiger partial charge >= 0.3 is 6.03 Å². The van der Waals surface area contributed by atoms with Crippen LogP contribution in [0, 0.1) is 13.8 Å². The molecule has 5 amide bonds. The summed E-state index contributed by atoms with van der Waals surface area (Å²) in [6.07, 6.45) is 1.27. The Bertz CT molecular complexity index is 1590.